The summed E-state index contributed by atoms with van der Waals surface area (Å²) in [7, 11) is 0. The van der Waals surface area contributed by atoms with Crippen molar-refractivity contribution in [1.82, 2.24) is 9.97 Å². The van der Waals surface area contributed by atoms with Gasteiger partial charge in [0, 0.05) is 40.2 Å². The van der Waals surface area contributed by atoms with Crippen LogP contribution in [0.25, 0.3) is 0 Å². The van der Waals surface area contributed by atoms with Gasteiger partial charge in [-0.3, -0.25) is 14.7 Å². The monoisotopic (exact) mass is 434 g/mol. The molecule has 0 spiro atoms. The summed E-state index contributed by atoms with van der Waals surface area (Å²) < 4.78 is 0. The van der Waals surface area contributed by atoms with Crippen LogP contribution in [0.1, 0.15) is 21.5 Å². The number of aryl methyl sites for hydroxylation is 2. The van der Waals surface area contributed by atoms with Crippen LogP contribution in [0.3, 0.4) is 0 Å². The summed E-state index contributed by atoms with van der Waals surface area (Å²) in [6.45, 7) is 3.94. The number of carbonyl (C=O) groups excluding carboxylic acids is 1. The van der Waals surface area contributed by atoms with Gasteiger partial charge in [0.25, 0.3) is 5.91 Å². The van der Waals surface area contributed by atoms with Crippen LogP contribution in [-0.4, -0.2) is 15.9 Å². The SMILES string of the molecule is Cc1ccc(NC(=O)c2ccc(C)c(N(c3ccncc3)c3nccs3)c2)cc1Cl. The lowest BCUT2D eigenvalue weighted by Gasteiger charge is -2.24. The van der Waals surface area contributed by atoms with Gasteiger partial charge in [0.1, 0.15) is 0 Å². The average Bonchev–Trinajstić information content (AvgIpc) is 3.27. The van der Waals surface area contributed by atoms with Crippen LogP contribution in [-0.2, 0) is 0 Å². The summed E-state index contributed by atoms with van der Waals surface area (Å²) in [6, 6.07) is 14.9. The Balaban J connectivity index is 1.71. The first-order valence-electron chi connectivity index (χ1n) is 9.31. The van der Waals surface area contributed by atoms with Gasteiger partial charge >= 0.3 is 0 Å². The Morgan fingerprint density at radius 1 is 1.00 bits per heavy atom. The summed E-state index contributed by atoms with van der Waals surface area (Å²) in [5, 5.41) is 6.28. The standard InChI is InChI=1S/C23H19ClN4OS/c1-15-4-6-18(14-20(15)24)27-22(29)17-5-3-16(2)21(13-17)28(23-26-11-12-30-23)19-7-9-25-10-8-19/h3-14H,1-2H3,(H,27,29). The second-order valence-corrected chi connectivity index (χ2v) is 8.06. The zero-order chi connectivity index (χ0) is 21.1. The zero-order valence-corrected chi connectivity index (χ0v) is 18.0. The molecule has 2 aromatic heterocycles. The molecule has 4 aromatic rings. The van der Waals surface area contributed by atoms with E-state index in [9.17, 15) is 4.79 Å². The molecule has 30 heavy (non-hydrogen) atoms. The molecule has 0 aliphatic carbocycles. The number of hydrogen-bond acceptors (Lipinski definition) is 5. The molecule has 150 valence electrons. The molecule has 1 N–H and O–H groups in total. The number of thiazole rings is 1. The van der Waals surface area contributed by atoms with Gasteiger partial charge < -0.3 is 5.32 Å². The molecule has 0 radical (unpaired) electrons. The molecule has 0 fully saturated rings. The molecule has 0 atom stereocenters. The van der Waals surface area contributed by atoms with E-state index in [0.717, 1.165) is 27.6 Å². The molecule has 7 heteroatoms. The summed E-state index contributed by atoms with van der Waals surface area (Å²) in [4.78, 5) is 23.5. The van der Waals surface area contributed by atoms with Gasteiger partial charge in [0.05, 0.1) is 11.4 Å². The third kappa shape index (κ3) is 4.20. The Morgan fingerprint density at radius 2 is 1.77 bits per heavy atom. The molecule has 0 saturated carbocycles. The Hall–Kier alpha value is -3.22. The zero-order valence-electron chi connectivity index (χ0n) is 16.5. The third-order valence-corrected chi connectivity index (χ3v) is 5.84. The van der Waals surface area contributed by atoms with Crippen molar-refractivity contribution in [3.05, 3.63) is 94.2 Å². The van der Waals surface area contributed by atoms with Crippen molar-refractivity contribution in [3.8, 4) is 0 Å². The topological polar surface area (TPSA) is 58.1 Å². The van der Waals surface area contributed by atoms with E-state index in [1.54, 1.807) is 24.7 Å². The van der Waals surface area contributed by atoms with Gasteiger partial charge in [-0.2, -0.15) is 0 Å². The molecule has 0 bridgehead atoms. The van der Waals surface area contributed by atoms with Crippen LogP contribution in [0.15, 0.2) is 72.5 Å². The third-order valence-electron chi connectivity index (χ3n) is 4.67. The van der Waals surface area contributed by atoms with Crippen molar-refractivity contribution in [2.24, 2.45) is 0 Å². The fourth-order valence-electron chi connectivity index (χ4n) is 3.04. The minimum Gasteiger partial charge on any atom is -0.322 e. The summed E-state index contributed by atoms with van der Waals surface area (Å²) >= 11 is 7.72. The van der Waals surface area contributed by atoms with E-state index in [1.165, 1.54) is 11.3 Å². The van der Waals surface area contributed by atoms with E-state index in [-0.39, 0.29) is 5.91 Å². The van der Waals surface area contributed by atoms with E-state index in [2.05, 4.69) is 15.3 Å². The fraction of sp³-hybridized carbons (Fsp3) is 0.0870. The quantitative estimate of drug-likeness (QED) is 0.388. The highest BCUT2D eigenvalue weighted by atomic mass is 35.5. The first kappa shape index (κ1) is 20.1. The molecule has 0 saturated heterocycles. The van der Waals surface area contributed by atoms with Crippen LogP contribution in [0, 0.1) is 13.8 Å². The van der Waals surface area contributed by atoms with Crippen molar-refractivity contribution in [2.75, 3.05) is 10.2 Å². The first-order chi connectivity index (χ1) is 14.5. The minimum atomic E-state index is -0.204. The predicted molar refractivity (Wildman–Crippen MR) is 123 cm³/mol. The number of anilines is 4. The van der Waals surface area contributed by atoms with E-state index in [1.807, 2.05) is 66.6 Å². The molecule has 1 amide bonds. The van der Waals surface area contributed by atoms with E-state index < -0.39 is 0 Å². The van der Waals surface area contributed by atoms with E-state index in [4.69, 9.17) is 11.6 Å². The highest BCUT2D eigenvalue weighted by Gasteiger charge is 2.19. The smallest absolute Gasteiger partial charge is 0.255 e. The maximum Gasteiger partial charge on any atom is 0.255 e. The van der Waals surface area contributed by atoms with E-state index >= 15 is 0 Å². The lowest BCUT2D eigenvalue weighted by atomic mass is 10.1. The Labute approximate surface area is 184 Å². The molecule has 2 aromatic carbocycles. The molecular formula is C23H19ClN4OS. The number of carbonyl (C=O) groups is 1. The molecule has 4 rings (SSSR count). The van der Waals surface area contributed by atoms with Crippen LogP contribution >= 0.6 is 22.9 Å². The number of nitrogens with one attached hydrogen (secondary N) is 1. The van der Waals surface area contributed by atoms with Crippen LogP contribution in [0.2, 0.25) is 5.02 Å². The van der Waals surface area contributed by atoms with Crippen molar-refractivity contribution in [3.63, 3.8) is 0 Å². The number of benzene rings is 2. The van der Waals surface area contributed by atoms with Crippen LogP contribution < -0.4 is 10.2 Å². The molecule has 0 aliphatic heterocycles. The van der Waals surface area contributed by atoms with Crippen molar-refractivity contribution in [1.29, 1.82) is 0 Å². The maximum atomic E-state index is 12.9. The van der Waals surface area contributed by atoms with Crippen LogP contribution in [0.4, 0.5) is 22.2 Å². The molecule has 5 nitrogen and oxygen atoms in total. The van der Waals surface area contributed by atoms with E-state index in [0.29, 0.717) is 16.3 Å². The van der Waals surface area contributed by atoms with Crippen LogP contribution in [0.5, 0.6) is 0 Å². The van der Waals surface area contributed by atoms with Gasteiger partial charge in [-0.25, -0.2) is 4.98 Å². The number of pyridine rings is 1. The predicted octanol–water partition coefficient (Wildman–Crippen LogP) is 6.53. The summed E-state index contributed by atoms with van der Waals surface area (Å²) in [5.41, 5.74) is 4.99. The normalized spacial score (nSPS) is 10.6. The lowest BCUT2D eigenvalue weighted by molar-refractivity contribution is 0.102. The van der Waals surface area contributed by atoms with Crippen molar-refractivity contribution >= 4 is 51.0 Å². The largest absolute Gasteiger partial charge is 0.322 e. The summed E-state index contributed by atoms with van der Waals surface area (Å²) in [5.74, 6) is -0.204. The minimum absolute atomic E-state index is 0.204. The van der Waals surface area contributed by atoms with Gasteiger partial charge in [-0.15, -0.1) is 11.3 Å². The first-order valence-corrected chi connectivity index (χ1v) is 10.6. The fourth-order valence-corrected chi connectivity index (χ4v) is 3.89. The molecular weight excluding hydrogens is 416 g/mol. The van der Waals surface area contributed by atoms with Gasteiger partial charge in [0.2, 0.25) is 0 Å². The van der Waals surface area contributed by atoms with Crippen molar-refractivity contribution in [2.45, 2.75) is 13.8 Å². The molecule has 2 heterocycles. The molecule has 0 unspecified atom stereocenters. The Bertz CT molecular complexity index is 1180. The van der Waals surface area contributed by atoms with Gasteiger partial charge in [-0.05, 0) is 61.4 Å². The number of halogens is 1. The lowest BCUT2D eigenvalue weighted by Crippen LogP contribution is -2.15. The average molecular weight is 435 g/mol. The highest BCUT2D eigenvalue weighted by Crippen LogP contribution is 2.37. The second-order valence-electron chi connectivity index (χ2n) is 6.77. The van der Waals surface area contributed by atoms with Gasteiger partial charge in [-0.1, -0.05) is 23.7 Å². The second kappa shape index (κ2) is 8.65. The van der Waals surface area contributed by atoms with Crippen molar-refractivity contribution < 1.29 is 4.79 Å². The number of hydrogen-bond donors (Lipinski definition) is 1. The van der Waals surface area contributed by atoms with Gasteiger partial charge in [0.15, 0.2) is 5.13 Å². The maximum absolute atomic E-state index is 12.9. The Kier molecular flexibility index (Phi) is 5.79. The number of aromatic nitrogens is 2. The number of amides is 1. The number of nitrogens with zero attached hydrogens (tertiary/aromatic N) is 3. The Morgan fingerprint density at radius 3 is 2.47 bits per heavy atom. The summed E-state index contributed by atoms with van der Waals surface area (Å²) in [6.07, 6.45) is 5.24. The highest BCUT2D eigenvalue weighted by molar-refractivity contribution is 7.13. The number of rotatable bonds is 5. The molecule has 0 aliphatic rings.